The first kappa shape index (κ1) is 66.2. The number of phosphoric acid groups is 1. The van der Waals surface area contributed by atoms with Gasteiger partial charge in [-0.15, -0.1) is 0 Å². The van der Waals surface area contributed by atoms with Gasteiger partial charge in [-0.3, -0.25) is 13.8 Å². The summed E-state index contributed by atoms with van der Waals surface area (Å²) in [5.74, 6) is -0.195. The van der Waals surface area contributed by atoms with Crippen LogP contribution in [-0.4, -0.2) is 73.4 Å². The maximum atomic E-state index is 12.9. The second kappa shape index (κ2) is 50.1. The Morgan fingerprint density at radius 3 is 1.33 bits per heavy atom. The second-order valence-electron chi connectivity index (χ2n) is 19.6. The standard InChI is InChI=1S/C60H105N2O6P/c1-6-8-10-12-14-16-18-20-22-23-24-25-26-27-28-29-30-31-32-33-34-35-36-37-38-39-40-42-44-46-48-50-52-54-60(64)61-58(57-68-69(65,66)67-56-55-62(3,4)5)59(63)53-51-49-47-45-43-41-21-19-17-15-13-11-9-7-2/h8,10,14,16,20,22,24-25,27-28,30-31,33-34,43,45,51,53,58-59,63H,6-7,9,11-13,15,17-19,21,23,26,29,32,35-42,44,46-50,52,54-57H2,1-5H3,(H-,61,64,65,66)/p+1/b10-8-,16-14-,22-20-,25-24-,28-27-,31-30-,34-33-,45-43+,53-51+. The highest BCUT2D eigenvalue weighted by Gasteiger charge is 2.27. The zero-order valence-electron chi connectivity index (χ0n) is 45.0. The highest BCUT2D eigenvalue weighted by atomic mass is 31.2. The minimum absolute atomic E-state index is 0.0507. The molecule has 8 nitrogen and oxygen atoms in total. The van der Waals surface area contributed by atoms with Crippen LogP contribution >= 0.6 is 7.82 Å². The Balaban J connectivity index is 4.18. The Kier molecular flexibility index (Phi) is 48.1. The van der Waals surface area contributed by atoms with Gasteiger partial charge in [0, 0.05) is 6.42 Å². The van der Waals surface area contributed by atoms with Gasteiger partial charge in [0.15, 0.2) is 0 Å². The number of carbonyl (C=O) groups excluding carboxylic acids is 1. The van der Waals surface area contributed by atoms with E-state index < -0.39 is 20.0 Å². The molecule has 0 heterocycles. The number of nitrogens with one attached hydrogen (secondary N) is 1. The summed E-state index contributed by atoms with van der Waals surface area (Å²) in [6.45, 7) is 4.66. The van der Waals surface area contributed by atoms with Crippen LogP contribution in [0, 0.1) is 0 Å². The van der Waals surface area contributed by atoms with Crippen LogP contribution in [0.1, 0.15) is 213 Å². The minimum Gasteiger partial charge on any atom is -0.387 e. The predicted octanol–water partition coefficient (Wildman–Crippen LogP) is 16.8. The van der Waals surface area contributed by atoms with Crippen molar-refractivity contribution in [1.29, 1.82) is 0 Å². The fourth-order valence-corrected chi connectivity index (χ4v) is 8.13. The third-order valence-corrected chi connectivity index (χ3v) is 12.7. The molecule has 69 heavy (non-hydrogen) atoms. The molecular formula is C60H106N2O6P+. The Labute approximate surface area is 425 Å². The number of nitrogens with zero attached hydrogens (tertiary/aromatic N) is 1. The van der Waals surface area contributed by atoms with E-state index in [9.17, 15) is 19.4 Å². The van der Waals surface area contributed by atoms with Crippen molar-refractivity contribution < 1.29 is 32.9 Å². The molecule has 3 unspecified atom stereocenters. The van der Waals surface area contributed by atoms with E-state index in [-0.39, 0.29) is 19.1 Å². The number of aliphatic hydroxyl groups excluding tert-OH is 1. The number of likely N-dealkylation sites (N-methyl/N-ethyl adjacent to an activating group) is 1. The lowest BCUT2D eigenvalue weighted by molar-refractivity contribution is -0.870. The first-order valence-electron chi connectivity index (χ1n) is 27.8. The Morgan fingerprint density at radius 2 is 0.884 bits per heavy atom. The van der Waals surface area contributed by atoms with Crippen molar-refractivity contribution in [3.8, 4) is 0 Å². The van der Waals surface area contributed by atoms with Gasteiger partial charge in [-0.1, -0.05) is 226 Å². The number of carbonyl (C=O) groups is 1. The lowest BCUT2D eigenvalue weighted by atomic mass is 10.0. The quantitative estimate of drug-likeness (QED) is 0.0243. The second-order valence-corrected chi connectivity index (χ2v) is 21.0. The first-order valence-corrected chi connectivity index (χ1v) is 29.3. The highest BCUT2D eigenvalue weighted by molar-refractivity contribution is 7.47. The lowest BCUT2D eigenvalue weighted by Gasteiger charge is -2.25. The fraction of sp³-hybridized carbons (Fsp3) is 0.683. The van der Waals surface area contributed by atoms with Crippen LogP contribution in [0.5, 0.6) is 0 Å². The van der Waals surface area contributed by atoms with Gasteiger partial charge < -0.3 is 19.8 Å². The molecule has 0 aromatic rings. The summed E-state index contributed by atoms with van der Waals surface area (Å²) in [4.78, 5) is 23.2. The van der Waals surface area contributed by atoms with Gasteiger partial charge in [-0.2, -0.15) is 0 Å². The Morgan fingerprint density at radius 1 is 0.507 bits per heavy atom. The predicted molar refractivity (Wildman–Crippen MR) is 299 cm³/mol. The van der Waals surface area contributed by atoms with E-state index in [1.165, 1.54) is 109 Å². The summed E-state index contributed by atoms with van der Waals surface area (Å²) < 4.78 is 23.6. The molecule has 9 heteroatoms. The number of unbranched alkanes of at least 4 members (excludes halogenated alkanes) is 20. The molecule has 0 bridgehead atoms. The molecule has 396 valence electrons. The van der Waals surface area contributed by atoms with Crippen molar-refractivity contribution in [1.82, 2.24) is 5.32 Å². The molecule has 3 atom stereocenters. The zero-order chi connectivity index (χ0) is 50.6. The van der Waals surface area contributed by atoms with E-state index >= 15 is 0 Å². The van der Waals surface area contributed by atoms with E-state index in [0.29, 0.717) is 17.4 Å². The molecule has 0 radical (unpaired) electrons. The lowest BCUT2D eigenvalue weighted by Crippen LogP contribution is -2.45. The molecule has 3 N–H and O–H groups in total. The van der Waals surface area contributed by atoms with E-state index in [1.54, 1.807) is 6.08 Å². The number of rotatable bonds is 49. The molecule has 0 aliphatic heterocycles. The molecule has 1 amide bonds. The monoisotopic (exact) mass is 982 g/mol. The highest BCUT2D eigenvalue weighted by Crippen LogP contribution is 2.43. The molecule has 0 aliphatic rings. The fourth-order valence-electron chi connectivity index (χ4n) is 7.39. The van der Waals surface area contributed by atoms with Crippen molar-refractivity contribution >= 4 is 13.7 Å². The van der Waals surface area contributed by atoms with Gasteiger partial charge >= 0.3 is 7.82 Å². The third kappa shape index (κ3) is 52.8. The molecule has 0 saturated carbocycles. The van der Waals surface area contributed by atoms with Crippen molar-refractivity contribution in [3.05, 3.63) is 109 Å². The number of quaternary nitrogens is 1. The average Bonchev–Trinajstić information content (AvgIpc) is 3.31. The van der Waals surface area contributed by atoms with Crippen LogP contribution in [0.15, 0.2) is 109 Å². The van der Waals surface area contributed by atoms with Crippen LogP contribution in [-0.2, 0) is 18.4 Å². The van der Waals surface area contributed by atoms with Crippen LogP contribution in [0.4, 0.5) is 0 Å². The van der Waals surface area contributed by atoms with Crippen LogP contribution in [0.3, 0.4) is 0 Å². The van der Waals surface area contributed by atoms with E-state index in [1.807, 2.05) is 27.2 Å². The zero-order valence-corrected chi connectivity index (χ0v) is 45.9. The number of allylic oxidation sites excluding steroid dienone is 17. The summed E-state index contributed by atoms with van der Waals surface area (Å²) in [5.41, 5.74) is 0. The van der Waals surface area contributed by atoms with Gasteiger partial charge in [-0.05, 0) is 89.9 Å². The van der Waals surface area contributed by atoms with Gasteiger partial charge in [-0.25, -0.2) is 4.57 Å². The SMILES string of the molecule is CC/C=C\C/C=C\C/C=C\C/C=C\C/C=C\C/C=C\C/C=C\CCCCCCCCCCCCCC(=O)NC(COP(=O)(O)OCC[N+](C)(C)C)C(O)/C=C/CC/C=C/CCCCCCCCCC. The summed E-state index contributed by atoms with van der Waals surface area (Å²) in [6, 6.07) is -0.871. The Bertz CT molecular complexity index is 1490. The summed E-state index contributed by atoms with van der Waals surface area (Å²) in [6.07, 6.45) is 73.3. The van der Waals surface area contributed by atoms with Crippen molar-refractivity contribution in [2.75, 3.05) is 40.9 Å². The number of aliphatic hydroxyl groups is 1. The van der Waals surface area contributed by atoms with Crippen molar-refractivity contribution in [2.24, 2.45) is 0 Å². The van der Waals surface area contributed by atoms with Crippen molar-refractivity contribution in [2.45, 2.75) is 225 Å². The third-order valence-electron chi connectivity index (χ3n) is 11.7. The van der Waals surface area contributed by atoms with Crippen molar-refractivity contribution in [3.63, 3.8) is 0 Å². The summed E-state index contributed by atoms with van der Waals surface area (Å²) >= 11 is 0. The minimum atomic E-state index is -4.36. The van der Waals surface area contributed by atoms with Gasteiger partial charge in [0.05, 0.1) is 39.9 Å². The number of amides is 1. The largest absolute Gasteiger partial charge is 0.472 e. The van der Waals surface area contributed by atoms with E-state index in [4.69, 9.17) is 9.05 Å². The molecule has 0 fully saturated rings. The van der Waals surface area contributed by atoms with E-state index in [2.05, 4.69) is 116 Å². The first-order chi connectivity index (χ1) is 33.5. The molecule has 0 aromatic heterocycles. The van der Waals surface area contributed by atoms with Gasteiger partial charge in [0.1, 0.15) is 13.2 Å². The van der Waals surface area contributed by atoms with Gasteiger partial charge in [0.2, 0.25) is 5.91 Å². The maximum absolute atomic E-state index is 12.9. The smallest absolute Gasteiger partial charge is 0.387 e. The molecule has 0 aromatic carbocycles. The van der Waals surface area contributed by atoms with E-state index in [0.717, 1.165) is 83.5 Å². The molecule has 0 aliphatic carbocycles. The number of hydrogen-bond donors (Lipinski definition) is 3. The summed E-state index contributed by atoms with van der Waals surface area (Å²) in [7, 11) is 1.54. The summed E-state index contributed by atoms with van der Waals surface area (Å²) in [5, 5.41) is 13.9. The maximum Gasteiger partial charge on any atom is 0.472 e. The topological polar surface area (TPSA) is 105 Å². The number of phosphoric ester groups is 1. The molecular weight excluding hydrogens is 876 g/mol. The van der Waals surface area contributed by atoms with Crippen LogP contribution in [0.2, 0.25) is 0 Å². The normalized spacial score (nSPS) is 14.8. The molecule has 0 spiro atoms. The van der Waals surface area contributed by atoms with Crippen LogP contribution < -0.4 is 5.32 Å². The average molecular weight is 982 g/mol. The van der Waals surface area contributed by atoms with Crippen LogP contribution in [0.25, 0.3) is 0 Å². The molecule has 0 rings (SSSR count). The van der Waals surface area contributed by atoms with Gasteiger partial charge in [0.25, 0.3) is 0 Å². The molecule has 0 saturated heterocycles. The number of hydrogen-bond acceptors (Lipinski definition) is 5. The Hall–Kier alpha value is -2.84.